The predicted molar refractivity (Wildman–Crippen MR) is 42.4 cm³/mol. The van der Waals surface area contributed by atoms with E-state index < -0.39 is 18.0 Å². The molecule has 14 heavy (non-hydrogen) atoms. The van der Waals surface area contributed by atoms with Crippen molar-refractivity contribution in [3.8, 4) is 0 Å². The lowest BCUT2D eigenvalue weighted by molar-refractivity contribution is -0.139. The van der Waals surface area contributed by atoms with E-state index in [-0.39, 0.29) is 11.5 Å². The van der Waals surface area contributed by atoms with Gasteiger partial charge in [-0.1, -0.05) is 5.16 Å². The van der Waals surface area contributed by atoms with Gasteiger partial charge >= 0.3 is 11.9 Å². The summed E-state index contributed by atoms with van der Waals surface area (Å²) in [7, 11) is 1.17. The third-order valence-corrected chi connectivity index (χ3v) is 1.50. The molecule has 0 saturated carbocycles. The van der Waals surface area contributed by atoms with E-state index in [1.54, 1.807) is 0 Å². The lowest BCUT2D eigenvalue weighted by Gasteiger charge is -1.97. The number of aromatic nitrogens is 1. The van der Waals surface area contributed by atoms with Crippen LogP contribution >= 0.6 is 0 Å². The number of carboxylic acid groups (broad SMARTS) is 1. The number of carboxylic acids is 1. The first-order chi connectivity index (χ1) is 6.56. The van der Waals surface area contributed by atoms with E-state index in [9.17, 15) is 9.59 Å². The van der Waals surface area contributed by atoms with Crippen molar-refractivity contribution in [2.75, 3.05) is 7.11 Å². The summed E-state index contributed by atoms with van der Waals surface area (Å²) in [6, 6.07) is -0.203. The van der Waals surface area contributed by atoms with Crippen LogP contribution in [0.4, 0.5) is 0 Å². The van der Waals surface area contributed by atoms with E-state index in [1.807, 2.05) is 0 Å². The summed E-state index contributed by atoms with van der Waals surface area (Å²) in [5, 5.41) is 11.8. The lowest BCUT2D eigenvalue weighted by Crippen LogP contribution is -2.19. The maximum atomic E-state index is 10.9. The summed E-state index contributed by atoms with van der Waals surface area (Å²) in [5.74, 6) is -2.08. The topological polar surface area (TPSA) is 116 Å². The number of nitrogens with zero attached hydrogens (tertiary/aromatic N) is 1. The van der Waals surface area contributed by atoms with Crippen LogP contribution in [0, 0.1) is 0 Å². The second-order valence-electron chi connectivity index (χ2n) is 2.42. The van der Waals surface area contributed by atoms with Gasteiger partial charge < -0.3 is 20.1 Å². The Balaban J connectivity index is 2.88. The van der Waals surface area contributed by atoms with Crippen molar-refractivity contribution < 1.29 is 24.0 Å². The molecule has 0 aliphatic carbocycles. The molecule has 0 spiro atoms. The molecule has 1 rings (SSSR count). The molecule has 0 aromatic carbocycles. The Labute approximate surface area is 78.4 Å². The molecule has 1 heterocycles. The SMILES string of the molecule is COC(=O)c1cc(C(N)C(=O)O)on1. The molecule has 0 saturated heterocycles. The second-order valence-corrected chi connectivity index (χ2v) is 2.42. The Hall–Kier alpha value is -1.89. The largest absolute Gasteiger partial charge is 0.480 e. The van der Waals surface area contributed by atoms with E-state index in [4.69, 9.17) is 10.8 Å². The van der Waals surface area contributed by atoms with Crippen LogP contribution in [0.3, 0.4) is 0 Å². The number of carbonyl (C=O) groups is 2. The molecule has 0 amide bonds. The summed E-state index contributed by atoms with van der Waals surface area (Å²) >= 11 is 0. The van der Waals surface area contributed by atoms with Crippen LogP contribution in [0.15, 0.2) is 10.6 Å². The second kappa shape index (κ2) is 3.88. The van der Waals surface area contributed by atoms with Crippen LogP contribution in [0.25, 0.3) is 0 Å². The molecule has 1 atom stereocenters. The van der Waals surface area contributed by atoms with Crippen LogP contribution in [0.2, 0.25) is 0 Å². The first-order valence-electron chi connectivity index (χ1n) is 3.59. The minimum atomic E-state index is -1.33. The Bertz CT molecular complexity index is 359. The number of carbonyl (C=O) groups excluding carboxylic acids is 1. The molecule has 0 bridgehead atoms. The van der Waals surface area contributed by atoms with Gasteiger partial charge in [-0.15, -0.1) is 0 Å². The number of esters is 1. The van der Waals surface area contributed by atoms with Gasteiger partial charge in [-0.25, -0.2) is 4.79 Å². The summed E-state index contributed by atoms with van der Waals surface area (Å²) < 4.78 is 8.89. The van der Waals surface area contributed by atoms with Crippen molar-refractivity contribution in [1.82, 2.24) is 5.16 Å². The van der Waals surface area contributed by atoms with Gasteiger partial charge in [-0.3, -0.25) is 4.79 Å². The fourth-order valence-corrected chi connectivity index (χ4v) is 0.758. The average Bonchev–Trinajstić information content (AvgIpc) is 2.64. The number of aliphatic carboxylic acids is 1. The Morgan fingerprint density at radius 2 is 2.36 bits per heavy atom. The fraction of sp³-hybridized carbons (Fsp3) is 0.286. The maximum absolute atomic E-state index is 10.9. The zero-order valence-corrected chi connectivity index (χ0v) is 7.26. The normalized spacial score (nSPS) is 12.1. The third kappa shape index (κ3) is 1.88. The number of methoxy groups -OCH3 is 1. The zero-order valence-electron chi connectivity index (χ0n) is 7.26. The smallest absolute Gasteiger partial charge is 0.360 e. The van der Waals surface area contributed by atoms with Crippen molar-refractivity contribution in [3.05, 3.63) is 17.5 Å². The number of hydrogen-bond donors (Lipinski definition) is 2. The van der Waals surface area contributed by atoms with Gasteiger partial charge in [-0.05, 0) is 0 Å². The number of rotatable bonds is 3. The Morgan fingerprint density at radius 1 is 1.71 bits per heavy atom. The molecule has 0 aliphatic rings. The highest BCUT2D eigenvalue weighted by atomic mass is 16.5. The highest BCUT2D eigenvalue weighted by molar-refractivity contribution is 5.87. The van der Waals surface area contributed by atoms with Gasteiger partial charge in [0.2, 0.25) is 0 Å². The van der Waals surface area contributed by atoms with Crippen LogP contribution in [-0.4, -0.2) is 29.3 Å². The number of ether oxygens (including phenoxy) is 1. The zero-order chi connectivity index (χ0) is 10.7. The molecule has 7 heteroatoms. The van der Waals surface area contributed by atoms with Crippen molar-refractivity contribution in [3.63, 3.8) is 0 Å². The quantitative estimate of drug-likeness (QED) is 0.634. The van der Waals surface area contributed by atoms with Crippen LogP contribution < -0.4 is 5.73 Å². The molecule has 1 aromatic heterocycles. The Kier molecular flexibility index (Phi) is 2.82. The average molecular weight is 200 g/mol. The molecule has 0 fully saturated rings. The van der Waals surface area contributed by atoms with Crippen molar-refractivity contribution in [2.45, 2.75) is 6.04 Å². The molecular weight excluding hydrogens is 192 g/mol. The van der Waals surface area contributed by atoms with Crippen LogP contribution in [0.1, 0.15) is 22.3 Å². The van der Waals surface area contributed by atoms with E-state index in [2.05, 4.69) is 14.4 Å². The van der Waals surface area contributed by atoms with Gasteiger partial charge in [0.15, 0.2) is 17.5 Å². The molecule has 1 aromatic rings. The fourth-order valence-electron chi connectivity index (χ4n) is 0.758. The van der Waals surface area contributed by atoms with E-state index >= 15 is 0 Å². The highest BCUT2D eigenvalue weighted by Crippen LogP contribution is 2.12. The van der Waals surface area contributed by atoms with E-state index in [0.717, 1.165) is 6.07 Å². The molecule has 0 aliphatic heterocycles. The predicted octanol–water partition coefficient (Wildman–Crippen LogP) is -0.454. The van der Waals surface area contributed by atoms with Gasteiger partial charge in [-0.2, -0.15) is 0 Å². The highest BCUT2D eigenvalue weighted by Gasteiger charge is 2.22. The molecule has 76 valence electrons. The van der Waals surface area contributed by atoms with Crippen molar-refractivity contribution in [2.24, 2.45) is 5.73 Å². The van der Waals surface area contributed by atoms with E-state index in [0.29, 0.717) is 0 Å². The summed E-state index contributed by atoms with van der Waals surface area (Å²) in [5.41, 5.74) is 5.10. The van der Waals surface area contributed by atoms with Gasteiger partial charge in [0.05, 0.1) is 7.11 Å². The van der Waals surface area contributed by atoms with Crippen molar-refractivity contribution in [1.29, 1.82) is 0 Å². The minimum absolute atomic E-state index is 0.0992. The summed E-state index contributed by atoms with van der Waals surface area (Å²) in [6.07, 6.45) is 0. The third-order valence-electron chi connectivity index (χ3n) is 1.50. The van der Waals surface area contributed by atoms with E-state index in [1.165, 1.54) is 7.11 Å². The van der Waals surface area contributed by atoms with Crippen molar-refractivity contribution >= 4 is 11.9 Å². The first-order valence-corrected chi connectivity index (χ1v) is 3.59. The van der Waals surface area contributed by atoms with Crippen LogP contribution in [-0.2, 0) is 9.53 Å². The Morgan fingerprint density at radius 3 is 2.86 bits per heavy atom. The molecular formula is C7H8N2O5. The number of nitrogens with two attached hydrogens (primary N) is 1. The molecule has 1 unspecified atom stereocenters. The lowest BCUT2D eigenvalue weighted by atomic mass is 10.2. The summed E-state index contributed by atoms with van der Waals surface area (Å²) in [6.45, 7) is 0. The first kappa shape index (κ1) is 10.2. The summed E-state index contributed by atoms with van der Waals surface area (Å²) in [4.78, 5) is 21.3. The van der Waals surface area contributed by atoms with Gasteiger partial charge in [0, 0.05) is 6.07 Å². The molecule has 3 N–H and O–H groups in total. The standard InChI is InChI=1S/C7H8N2O5/c1-13-7(12)3-2-4(14-9-3)5(8)6(10)11/h2,5H,8H2,1H3,(H,10,11). The van der Waals surface area contributed by atoms with Gasteiger partial charge in [0.25, 0.3) is 0 Å². The monoisotopic (exact) mass is 200 g/mol. The van der Waals surface area contributed by atoms with Crippen LogP contribution in [0.5, 0.6) is 0 Å². The molecule has 0 radical (unpaired) electrons. The number of hydrogen-bond acceptors (Lipinski definition) is 6. The van der Waals surface area contributed by atoms with Gasteiger partial charge in [0.1, 0.15) is 0 Å². The minimum Gasteiger partial charge on any atom is -0.480 e. The molecule has 7 nitrogen and oxygen atoms in total. The maximum Gasteiger partial charge on any atom is 0.360 e.